The maximum atomic E-state index is 12.3. The summed E-state index contributed by atoms with van der Waals surface area (Å²) in [5.41, 5.74) is 4.78. The van der Waals surface area contributed by atoms with Gasteiger partial charge in [0, 0.05) is 25.1 Å². The van der Waals surface area contributed by atoms with Crippen molar-refractivity contribution in [1.29, 1.82) is 0 Å². The van der Waals surface area contributed by atoms with Crippen LogP contribution in [0.15, 0.2) is 71.2 Å². The van der Waals surface area contributed by atoms with Gasteiger partial charge in [-0.1, -0.05) is 81.4 Å². The van der Waals surface area contributed by atoms with Crippen molar-refractivity contribution in [1.82, 2.24) is 4.90 Å². The molecule has 3 nitrogen and oxygen atoms in total. The standard InChI is InChI=1S/C25H32N2O/c1-6-13-23(26-25(28)19(2)3)27(5)24(22-16-11-8-12-17-22)20(4)18-21-14-9-7-10-15-21/h7-12,14-17,19H,6,13,18H2,1-5H3/b24-20+,26-23+. The summed E-state index contributed by atoms with van der Waals surface area (Å²) in [6, 6.07) is 20.8. The van der Waals surface area contributed by atoms with Gasteiger partial charge >= 0.3 is 0 Å². The molecule has 0 heterocycles. The molecule has 0 saturated carbocycles. The summed E-state index contributed by atoms with van der Waals surface area (Å²) in [6.07, 6.45) is 2.56. The summed E-state index contributed by atoms with van der Waals surface area (Å²) < 4.78 is 0. The van der Waals surface area contributed by atoms with Crippen LogP contribution in [0.3, 0.4) is 0 Å². The van der Waals surface area contributed by atoms with E-state index < -0.39 is 0 Å². The minimum absolute atomic E-state index is 0.0663. The number of carbonyl (C=O) groups is 1. The molecule has 0 unspecified atom stereocenters. The molecule has 0 fully saturated rings. The van der Waals surface area contributed by atoms with Crippen LogP contribution in [0, 0.1) is 5.92 Å². The summed E-state index contributed by atoms with van der Waals surface area (Å²) in [7, 11) is 2.03. The molecule has 0 N–H and O–H groups in total. The summed E-state index contributed by atoms with van der Waals surface area (Å²) in [4.78, 5) is 18.9. The van der Waals surface area contributed by atoms with E-state index in [1.165, 1.54) is 11.1 Å². The van der Waals surface area contributed by atoms with Crippen molar-refractivity contribution in [3.05, 3.63) is 77.4 Å². The molecule has 0 bridgehead atoms. The Morgan fingerprint density at radius 2 is 1.57 bits per heavy atom. The first-order valence-electron chi connectivity index (χ1n) is 10.1. The predicted molar refractivity (Wildman–Crippen MR) is 119 cm³/mol. The highest BCUT2D eigenvalue weighted by molar-refractivity contribution is 5.99. The largest absolute Gasteiger partial charge is 0.332 e. The first-order valence-corrected chi connectivity index (χ1v) is 10.1. The highest BCUT2D eigenvalue weighted by Crippen LogP contribution is 2.26. The minimum atomic E-state index is -0.102. The maximum absolute atomic E-state index is 12.3. The first-order chi connectivity index (χ1) is 13.4. The normalized spacial score (nSPS) is 12.7. The van der Waals surface area contributed by atoms with E-state index in [2.05, 4.69) is 72.3 Å². The van der Waals surface area contributed by atoms with Crippen LogP contribution in [0.2, 0.25) is 0 Å². The Kier molecular flexibility index (Phi) is 8.19. The summed E-state index contributed by atoms with van der Waals surface area (Å²) in [6.45, 7) is 8.07. The molecule has 0 atom stereocenters. The number of nitrogens with zero attached hydrogens (tertiary/aromatic N) is 2. The van der Waals surface area contributed by atoms with E-state index in [1.54, 1.807) is 0 Å². The Bertz CT molecular complexity index is 820. The van der Waals surface area contributed by atoms with Crippen LogP contribution in [0.4, 0.5) is 0 Å². The van der Waals surface area contributed by atoms with Crippen molar-refractivity contribution < 1.29 is 4.79 Å². The third-order valence-corrected chi connectivity index (χ3v) is 4.69. The SMILES string of the molecule is CCC/C(=N\C(=O)C(C)C)N(C)/C(=C(\C)Cc1ccccc1)c1ccccc1. The summed E-state index contributed by atoms with van der Waals surface area (Å²) in [5, 5.41) is 0. The number of benzene rings is 2. The van der Waals surface area contributed by atoms with Gasteiger partial charge in [0.15, 0.2) is 0 Å². The van der Waals surface area contributed by atoms with Crippen LogP contribution in [-0.4, -0.2) is 23.7 Å². The van der Waals surface area contributed by atoms with Gasteiger partial charge in [-0.05, 0) is 36.5 Å². The van der Waals surface area contributed by atoms with Gasteiger partial charge in [-0.25, -0.2) is 0 Å². The molecule has 0 saturated heterocycles. The molecular formula is C25H32N2O. The molecule has 1 amide bonds. The number of carbonyl (C=O) groups excluding carboxylic acids is 1. The third-order valence-electron chi connectivity index (χ3n) is 4.69. The first kappa shape index (κ1) is 21.6. The van der Waals surface area contributed by atoms with Crippen LogP contribution >= 0.6 is 0 Å². The van der Waals surface area contributed by atoms with Gasteiger partial charge in [0.1, 0.15) is 5.84 Å². The van der Waals surface area contributed by atoms with Gasteiger partial charge in [0.25, 0.3) is 0 Å². The second kappa shape index (κ2) is 10.6. The van der Waals surface area contributed by atoms with E-state index in [4.69, 9.17) is 0 Å². The van der Waals surface area contributed by atoms with Crippen molar-refractivity contribution in [3.63, 3.8) is 0 Å². The molecule has 0 aliphatic rings. The maximum Gasteiger partial charge on any atom is 0.249 e. The van der Waals surface area contributed by atoms with Crippen LogP contribution in [0.25, 0.3) is 5.70 Å². The molecule has 0 aliphatic carbocycles. The monoisotopic (exact) mass is 376 g/mol. The highest BCUT2D eigenvalue weighted by atomic mass is 16.1. The number of allylic oxidation sites excluding steroid dienone is 1. The number of rotatable bonds is 7. The smallest absolute Gasteiger partial charge is 0.249 e. The molecular weight excluding hydrogens is 344 g/mol. The molecule has 0 spiro atoms. The molecule has 0 aliphatic heterocycles. The quantitative estimate of drug-likeness (QED) is 0.440. The fraction of sp³-hybridized carbons (Fsp3) is 0.360. The topological polar surface area (TPSA) is 32.7 Å². The molecule has 3 heteroatoms. The molecule has 2 aromatic rings. The summed E-state index contributed by atoms with van der Waals surface area (Å²) in [5.74, 6) is 0.658. The van der Waals surface area contributed by atoms with Gasteiger partial charge in [-0.3, -0.25) is 4.79 Å². The Balaban J connectivity index is 2.50. The molecule has 0 radical (unpaired) electrons. The average Bonchev–Trinajstić information content (AvgIpc) is 2.69. The van der Waals surface area contributed by atoms with Crippen LogP contribution in [0.1, 0.15) is 51.7 Å². The average molecular weight is 377 g/mol. The minimum Gasteiger partial charge on any atom is -0.332 e. The highest BCUT2D eigenvalue weighted by Gasteiger charge is 2.18. The van der Waals surface area contributed by atoms with Crippen molar-refractivity contribution >= 4 is 17.4 Å². The lowest BCUT2D eigenvalue weighted by Crippen LogP contribution is -2.28. The van der Waals surface area contributed by atoms with Crippen molar-refractivity contribution in [2.45, 2.75) is 47.0 Å². The van der Waals surface area contributed by atoms with E-state index in [0.717, 1.165) is 36.4 Å². The van der Waals surface area contributed by atoms with Crippen molar-refractivity contribution in [2.75, 3.05) is 7.05 Å². The zero-order valence-corrected chi connectivity index (χ0v) is 17.8. The number of aliphatic imine (C=N–C) groups is 1. The van der Waals surface area contributed by atoms with Crippen LogP contribution in [-0.2, 0) is 11.2 Å². The van der Waals surface area contributed by atoms with Gasteiger partial charge in [-0.2, -0.15) is 4.99 Å². The Morgan fingerprint density at radius 1 is 1.00 bits per heavy atom. The molecule has 148 valence electrons. The van der Waals surface area contributed by atoms with Gasteiger partial charge in [0.05, 0.1) is 0 Å². The fourth-order valence-corrected chi connectivity index (χ4v) is 3.22. The van der Waals surface area contributed by atoms with E-state index in [-0.39, 0.29) is 11.8 Å². The molecule has 0 aromatic heterocycles. The van der Waals surface area contributed by atoms with Crippen molar-refractivity contribution in [2.24, 2.45) is 10.9 Å². The lowest BCUT2D eigenvalue weighted by atomic mass is 9.99. The lowest BCUT2D eigenvalue weighted by Gasteiger charge is -2.27. The number of hydrogen-bond acceptors (Lipinski definition) is 1. The zero-order valence-electron chi connectivity index (χ0n) is 17.8. The predicted octanol–water partition coefficient (Wildman–Crippen LogP) is 5.97. The van der Waals surface area contributed by atoms with Crippen molar-refractivity contribution in [3.8, 4) is 0 Å². The van der Waals surface area contributed by atoms with Gasteiger partial charge < -0.3 is 4.90 Å². The second-order valence-electron chi connectivity index (χ2n) is 7.49. The second-order valence-corrected chi connectivity index (χ2v) is 7.49. The Morgan fingerprint density at radius 3 is 2.11 bits per heavy atom. The van der Waals surface area contributed by atoms with E-state index >= 15 is 0 Å². The third kappa shape index (κ3) is 5.91. The van der Waals surface area contributed by atoms with Crippen LogP contribution < -0.4 is 0 Å². The van der Waals surface area contributed by atoms with Crippen LogP contribution in [0.5, 0.6) is 0 Å². The number of amidine groups is 1. The lowest BCUT2D eigenvalue weighted by molar-refractivity contribution is -0.120. The number of amides is 1. The zero-order chi connectivity index (χ0) is 20.5. The Hall–Kier alpha value is -2.68. The van der Waals surface area contributed by atoms with E-state index in [0.29, 0.717) is 0 Å². The molecule has 2 rings (SSSR count). The molecule has 28 heavy (non-hydrogen) atoms. The number of hydrogen-bond donors (Lipinski definition) is 0. The molecule has 2 aromatic carbocycles. The van der Waals surface area contributed by atoms with E-state index in [1.807, 2.05) is 33.0 Å². The Labute approximate surface area is 169 Å². The van der Waals surface area contributed by atoms with Gasteiger partial charge in [-0.15, -0.1) is 0 Å². The fourth-order valence-electron chi connectivity index (χ4n) is 3.22. The van der Waals surface area contributed by atoms with E-state index in [9.17, 15) is 4.79 Å². The van der Waals surface area contributed by atoms with Gasteiger partial charge in [0.2, 0.25) is 5.91 Å². The summed E-state index contributed by atoms with van der Waals surface area (Å²) >= 11 is 0.